The van der Waals surface area contributed by atoms with Crippen LogP contribution in [-0.2, 0) is 0 Å². The van der Waals surface area contributed by atoms with Gasteiger partial charge in [-0.15, -0.1) is 0 Å². The molecular formula is C16H18Cl2N4O. The van der Waals surface area contributed by atoms with Crippen molar-refractivity contribution in [1.82, 2.24) is 20.0 Å². The van der Waals surface area contributed by atoms with E-state index in [1.165, 1.54) is 0 Å². The molecular weight excluding hydrogens is 335 g/mol. The zero-order valence-corrected chi connectivity index (χ0v) is 14.3. The fourth-order valence-corrected chi connectivity index (χ4v) is 3.29. The molecule has 1 N–H and O–H groups in total. The van der Waals surface area contributed by atoms with Gasteiger partial charge in [0.15, 0.2) is 0 Å². The first kappa shape index (κ1) is 16.3. The number of halogens is 2. The van der Waals surface area contributed by atoms with Crippen LogP contribution in [-0.4, -0.2) is 46.8 Å². The molecule has 1 saturated heterocycles. The number of carbonyl (C=O) groups excluding carboxylic acids is 1. The van der Waals surface area contributed by atoms with Crippen molar-refractivity contribution in [1.29, 1.82) is 0 Å². The Balaban J connectivity index is 1.79. The molecule has 2 aromatic rings. The maximum Gasteiger partial charge on any atom is 0.257 e. The van der Waals surface area contributed by atoms with Gasteiger partial charge in [-0.25, -0.2) is 4.68 Å². The minimum Gasteiger partial charge on any atom is -0.339 e. The Hall–Kier alpha value is -1.56. The van der Waals surface area contributed by atoms with Gasteiger partial charge in [0.05, 0.1) is 22.5 Å². The van der Waals surface area contributed by atoms with E-state index >= 15 is 0 Å². The van der Waals surface area contributed by atoms with E-state index in [9.17, 15) is 4.79 Å². The highest BCUT2D eigenvalue weighted by molar-refractivity contribution is 6.35. The van der Waals surface area contributed by atoms with Gasteiger partial charge < -0.3 is 10.2 Å². The van der Waals surface area contributed by atoms with E-state index in [0.29, 0.717) is 21.3 Å². The molecule has 1 aromatic heterocycles. The molecule has 0 aliphatic carbocycles. The summed E-state index contributed by atoms with van der Waals surface area (Å²) in [6, 6.07) is 5.45. The minimum absolute atomic E-state index is 0.0202. The van der Waals surface area contributed by atoms with Crippen molar-refractivity contribution in [3.05, 3.63) is 46.2 Å². The first-order chi connectivity index (χ1) is 11.1. The number of hydrogen-bond acceptors (Lipinski definition) is 3. The van der Waals surface area contributed by atoms with Crippen LogP contribution in [0.3, 0.4) is 0 Å². The van der Waals surface area contributed by atoms with Gasteiger partial charge in [-0.3, -0.25) is 4.79 Å². The summed E-state index contributed by atoms with van der Waals surface area (Å²) in [5.74, 6) is -0.0202. The largest absolute Gasteiger partial charge is 0.339 e. The van der Waals surface area contributed by atoms with E-state index in [-0.39, 0.29) is 11.9 Å². The number of amides is 1. The van der Waals surface area contributed by atoms with Gasteiger partial charge in [-0.2, -0.15) is 5.10 Å². The number of hydrogen-bond donors (Lipinski definition) is 1. The number of benzene rings is 1. The predicted molar refractivity (Wildman–Crippen MR) is 91.6 cm³/mol. The summed E-state index contributed by atoms with van der Waals surface area (Å²) >= 11 is 12.1. The molecule has 7 heteroatoms. The number of nitrogens with zero attached hydrogens (tertiary/aromatic N) is 3. The maximum absolute atomic E-state index is 12.6. The third-order valence-corrected chi connectivity index (χ3v) is 4.70. The molecule has 0 saturated carbocycles. The van der Waals surface area contributed by atoms with Crippen LogP contribution in [0.5, 0.6) is 0 Å². The molecule has 0 radical (unpaired) electrons. The molecule has 3 rings (SSSR count). The Morgan fingerprint density at radius 3 is 2.78 bits per heavy atom. The van der Waals surface area contributed by atoms with Crippen LogP contribution < -0.4 is 5.32 Å². The highest BCUT2D eigenvalue weighted by atomic mass is 35.5. The predicted octanol–water partition coefficient (Wildman–Crippen LogP) is 3.00. The number of rotatable bonds is 3. The lowest BCUT2D eigenvalue weighted by atomic mass is 10.0. The van der Waals surface area contributed by atoms with Gasteiger partial charge in [0, 0.05) is 24.3 Å². The zero-order chi connectivity index (χ0) is 16.4. The normalized spacial score (nSPS) is 15.6. The molecule has 122 valence electrons. The van der Waals surface area contributed by atoms with Crippen molar-refractivity contribution in [2.75, 3.05) is 20.1 Å². The van der Waals surface area contributed by atoms with Crippen molar-refractivity contribution >= 4 is 29.1 Å². The summed E-state index contributed by atoms with van der Waals surface area (Å²) in [6.07, 6.45) is 5.22. The van der Waals surface area contributed by atoms with Crippen LogP contribution in [0.2, 0.25) is 10.0 Å². The molecule has 1 fully saturated rings. The van der Waals surface area contributed by atoms with Gasteiger partial charge in [0.1, 0.15) is 0 Å². The molecule has 2 heterocycles. The number of aromatic nitrogens is 2. The molecule has 5 nitrogen and oxygen atoms in total. The highest BCUT2D eigenvalue weighted by Gasteiger charge is 2.24. The third kappa shape index (κ3) is 3.52. The Bertz CT molecular complexity index is 710. The monoisotopic (exact) mass is 352 g/mol. The van der Waals surface area contributed by atoms with Crippen LogP contribution in [0.4, 0.5) is 0 Å². The molecule has 0 spiro atoms. The summed E-state index contributed by atoms with van der Waals surface area (Å²) in [7, 11) is 1.85. The Kier molecular flexibility index (Phi) is 4.90. The lowest BCUT2D eigenvalue weighted by molar-refractivity contribution is 0.0703. The molecule has 0 atom stereocenters. The molecule has 1 aromatic carbocycles. The van der Waals surface area contributed by atoms with E-state index in [0.717, 1.165) is 25.9 Å². The minimum atomic E-state index is -0.0202. The number of piperidine rings is 1. The first-order valence-electron chi connectivity index (χ1n) is 7.54. The van der Waals surface area contributed by atoms with E-state index in [2.05, 4.69) is 10.4 Å². The van der Waals surface area contributed by atoms with E-state index in [1.54, 1.807) is 35.3 Å². The van der Waals surface area contributed by atoms with Crippen LogP contribution in [0.1, 0.15) is 23.2 Å². The smallest absolute Gasteiger partial charge is 0.257 e. The maximum atomic E-state index is 12.6. The fraction of sp³-hybridized carbons (Fsp3) is 0.375. The van der Waals surface area contributed by atoms with Gasteiger partial charge in [0.25, 0.3) is 5.91 Å². The van der Waals surface area contributed by atoms with Crippen LogP contribution in [0.15, 0.2) is 30.6 Å². The summed E-state index contributed by atoms with van der Waals surface area (Å²) in [5.41, 5.74) is 1.25. The van der Waals surface area contributed by atoms with Gasteiger partial charge >= 0.3 is 0 Å². The average molecular weight is 353 g/mol. The van der Waals surface area contributed by atoms with E-state index in [4.69, 9.17) is 23.2 Å². The fourth-order valence-electron chi connectivity index (χ4n) is 2.80. The van der Waals surface area contributed by atoms with Gasteiger partial charge in [-0.1, -0.05) is 23.2 Å². The quantitative estimate of drug-likeness (QED) is 0.923. The zero-order valence-electron chi connectivity index (χ0n) is 12.8. The van der Waals surface area contributed by atoms with Crippen LogP contribution in [0.25, 0.3) is 5.69 Å². The van der Waals surface area contributed by atoms with Crippen molar-refractivity contribution < 1.29 is 4.79 Å². The molecule has 1 amide bonds. The lowest BCUT2D eigenvalue weighted by Gasteiger charge is -2.31. The second-order valence-corrected chi connectivity index (χ2v) is 6.51. The Labute approximate surface area is 145 Å². The number of nitrogens with one attached hydrogen (secondary N) is 1. The van der Waals surface area contributed by atoms with Crippen molar-refractivity contribution in [2.24, 2.45) is 0 Å². The standard InChI is InChI=1S/C16H18Cl2N4O/c1-21(13-4-6-19-7-5-13)16(23)11-9-20-22(10-11)15-3-2-12(17)8-14(15)18/h2-3,8-10,13,19H,4-7H2,1H3. The SMILES string of the molecule is CN(C(=O)c1cnn(-c2ccc(Cl)cc2Cl)c1)C1CCNCC1. The molecule has 1 aliphatic heterocycles. The second kappa shape index (κ2) is 6.91. The summed E-state index contributed by atoms with van der Waals surface area (Å²) < 4.78 is 1.60. The molecule has 0 unspecified atom stereocenters. The third-order valence-electron chi connectivity index (χ3n) is 4.16. The second-order valence-electron chi connectivity index (χ2n) is 5.67. The van der Waals surface area contributed by atoms with Gasteiger partial charge in [0.2, 0.25) is 0 Å². The van der Waals surface area contributed by atoms with Crippen LogP contribution >= 0.6 is 23.2 Å². The Morgan fingerprint density at radius 1 is 1.35 bits per heavy atom. The lowest BCUT2D eigenvalue weighted by Crippen LogP contribution is -2.43. The van der Waals surface area contributed by atoms with Crippen molar-refractivity contribution in [3.63, 3.8) is 0 Å². The van der Waals surface area contributed by atoms with Crippen molar-refractivity contribution in [3.8, 4) is 5.69 Å². The van der Waals surface area contributed by atoms with Gasteiger partial charge in [-0.05, 0) is 44.1 Å². The van der Waals surface area contributed by atoms with Crippen LogP contribution in [0, 0.1) is 0 Å². The Morgan fingerprint density at radius 2 is 2.09 bits per heavy atom. The summed E-state index contributed by atoms with van der Waals surface area (Å²) in [4.78, 5) is 14.4. The average Bonchev–Trinajstić information content (AvgIpc) is 3.04. The van der Waals surface area contributed by atoms with E-state index < -0.39 is 0 Å². The summed E-state index contributed by atoms with van der Waals surface area (Å²) in [6.45, 7) is 1.89. The first-order valence-corrected chi connectivity index (χ1v) is 8.30. The highest BCUT2D eigenvalue weighted by Crippen LogP contribution is 2.24. The molecule has 0 bridgehead atoms. The topological polar surface area (TPSA) is 50.2 Å². The summed E-state index contributed by atoms with van der Waals surface area (Å²) in [5, 5.41) is 8.61. The molecule has 23 heavy (non-hydrogen) atoms. The van der Waals surface area contributed by atoms with Crippen molar-refractivity contribution in [2.45, 2.75) is 18.9 Å². The number of carbonyl (C=O) groups is 1. The molecule has 1 aliphatic rings. The van der Waals surface area contributed by atoms with E-state index in [1.807, 2.05) is 11.9 Å².